The molecule has 0 aliphatic heterocycles. The molecule has 0 aliphatic rings. The fourth-order valence-corrected chi connectivity index (χ4v) is 2.22. The number of methoxy groups -OCH3 is 1. The normalized spacial score (nSPS) is 11.1. The number of halogens is 1. The van der Waals surface area contributed by atoms with Gasteiger partial charge in [0.25, 0.3) is 0 Å². The summed E-state index contributed by atoms with van der Waals surface area (Å²) in [5, 5.41) is 6.31. The van der Waals surface area contributed by atoms with E-state index in [4.69, 9.17) is 0 Å². The van der Waals surface area contributed by atoms with Gasteiger partial charge in [0.2, 0.25) is 0 Å². The molecular weight excluding hydrogens is 321 g/mol. The maximum atomic E-state index is 13.6. The molecule has 2 rings (SSSR count). The maximum absolute atomic E-state index is 13.6. The summed E-state index contributed by atoms with van der Waals surface area (Å²) in [4.78, 5) is 15.6. The molecule has 2 aromatic carbocycles. The van der Waals surface area contributed by atoms with Crippen LogP contribution in [0.3, 0.4) is 0 Å². The quantitative estimate of drug-likeness (QED) is 0.498. The van der Waals surface area contributed by atoms with Crippen LogP contribution >= 0.6 is 0 Å². The molecule has 0 saturated heterocycles. The Kier molecular flexibility index (Phi) is 6.51. The van der Waals surface area contributed by atoms with Gasteiger partial charge in [-0.05, 0) is 41.8 Å². The van der Waals surface area contributed by atoms with E-state index in [1.54, 1.807) is 32.2 Å². The van der Waals surface area contributed by atoms with Gasteiger partial charge in [0.05, 0.1) is 12.7 Å². The lowest BCUT2D eigenvalue weighted by molar-refractivity contribution is 0.0600. The van der Waals surface area contributed by atoms with E-state index < -0.39 is 0 Å². The summed E-state index contributed by atoms with van der Waals surface area (Å²) in [6.45, 7) is 2.75. The second-order valence-corrected chi connectivity index (χ2v) is 5.55. The second-order valence-electron chi connectivity index (χ2n) is 5.55. The zero-order chi connectivity index (χ0) is 18.2. The topological polar surface area (TPSA) is 62.7 Å². The van der Waals surface area contributed by atoms with E-state index in [0.717, 1.165) is 11.1 Å². The molecule has 132 valence electrons. The Morgan fingerprint density at radius 1 is 1.08 bits per heavy atom. The van der Waals surface area contributed by atoms with Gasteiger partial charge in [0.1, 0.15) is 5.82 Å². The summed E-state index contributed by atoms with van der Waals surface area (Å²) in [6.07, 6.45) is 0. The van der Waals surface area contributed by atoms with Gasteiger partial charge in [-0.3, -0.25) is 4.99 Å². The number of hydrogen-bond donors (Lipinski definition) is 2. The van der Waals surface area contributed by atoms with E-state index in [9.17, 15) is 9.18 Å². The summed E-state index contributed by atoms with van der Waals surface area (Å²) < 4.78 is 18.2. The lowest BCUT2D eigenvalue weighted by Gasteiger charge is -2.12. The Morgan fingerprint density at radius 2 is 1.68 bits per heavy atom. The molecule has 0 aromatic heterocycles. The fraction of sp³-hybridized carbons (Fsp3) is 0.263. The first kappa shape index (κ1) is 18.4. The van der Waals surface area contributed by atoms with Crippen molar-refractivity contribution in [3.8, 4) is 0 Å². The van der Waals surface area contributed by atoms with Crippen molar-refractivity contribution in [1.29, 1.82) is 0 Å². The van der Waals surface area contributed by atoms with Gasteiger partial charge >= 0.3 is 5.97 Å². The van der Waals surface area contributed by atoms with E-state index in [2.05, 4.69) is 20.4 Å². The fourth-order valence-electron chi connectivity index (χ4n) is 2.22. The van der Waals surface area contributed by atoms with Crippen molar-refractivity contribution in [2.75, 3.05) is 14.2 Å². The number of carbonyl (C=O) groups excluding carboxylic acids is 1. The number of aryl methyl sites for hydroxylation is 1. The number of nitrogens with one attached hydrogen (secondary N) is 2. The predicted octanol–water partition coefficient (Wildman–Crippen LogP) is 2.79. The molecule has 0 atom stereocenters. The molecule has 6 heteroatoms. The highest BCUT2D eigenvalue weighted by atomic mass is 19.1. The number of guanidine groups is 1. The molecule has 0 unspecified atom stereocenters. The Labute approximate surface area is 146 Å². The Hall–Kier alpha value is -2.89. The van der Waals surface area contributed by atoms with Crippen LogP contribution in [-0.2, 0) is 17.8 Å². The third kappa shape index (κ3) is 5.31. The molecule has 0 aliphatic carbocycles. The molecular formula is C19H22FN3O2. The van der Waals surface area contributed by atoms with Crippen molar-refractivity contribution in [3.63, 3.8) is 0 Å². The average molecular weight is 343 g/mol. The Morgan fingerprint density at radius 3 is 2.24 bits per heavy atom. The summed E-state index contributed by atoms with van der Waals surface area (Å²) in [5.74, 6) is 0.0354. The summed E-state index contributed by atoms with van der Waals surface area (Å²) >= 11 is 0. The number of ether oxygens (including phenoxy) is 1. The van der Waals surface area contributed by atoms with Crippen LogP contribution in [0, 0.1) is 12.7 Å². The zero-order valence-electron chi connectivity index (χ0n) is 14.6. The largest absolute Gasteiger partial charge is 0.465 e. The standard InChI is InChI=1S/C19H22FN3O2/c1-13-4-5-15(10-17(13)20)12-23-19(21-2)22-11-14-6-8-16(9-7-14)18(24)25-3/h4-10H,11-12H2,1-3H3,(H2,21,22,23). The highest BCUT2D eigenvalue weighted by Crippen LogP contribution is 2.09. The first-order valence-electron chi connectivity index (χ1n) is 7.90. The molecule has 0 fully saturated rings. The molecule has 0 spiro atoms. The lowest BCUT2D eigenvalue weighted by atomic mass is 10.1. The van der Waals surface area contributed by atoms with Crippen molar-refractivity contribution >= 4 is 11.9 Å². The molecule has 0 heterocycles. The van der Waals surface area contributed by atoms with Crippen LogP contribution in [0.25, 0.3) is 0 Å². The minimum atomic E-state index is -0.359. The molecule has 0 bridgehead atoms. The van der Waals surface area contributed by atoms with E-state index in [1.807, 2.05) is 18.2 Å². The number of rotatable bonds is 5. The van der Waals surface area contributed by atoms with Crippen molar-refractivity contribution < 1.29 is 13.9 Å². The van der Waals surface area contributed by atoms with Crippen molar-refractivity contribution in [3.05, 3.63) is 70.5 Å². The van der Waals surface area contributed by atoms with Gasteiger partial charge in [0.15, 0.2) is 5.96 Å². The van der Waals surface area contributed by atoms with Crippen molar-refractivity contribution in [1.82, 2.24) is 10.6 Å². The Balaban J connectivity index is 1.87. The van der Waals surface area contributed by atoms with Crippen molar-refractivity contribution in [2.24, 2.45) is 4.99 Å². The van der Waals surface area contributed by atoms with Crippen LogP contribution < -0.4 is 10.6 Å². The van der Waals surface area contributed by atoms with Crippen molar-refractivity contribution in [2.45, 2.75) is 20.0 Å². The number of carbonyl (C=O) groups is 1. The highest BCUT2D eigenvalue weighted by molar-refractivity contribution is 5.89. The zero-order valence-corrected chi connectivity index (χ0v) is 14.6. The van der Waals surface area contributed by atoms with E-state index in [1.165, 1.54) is 13.2 Å². The van der Waals surface area contributed by atoms with Crippen LogP contribution in [0.1, 0.15) is 27.0 Å². The molecule has 2 N–H and O–H groups in total. The number of aliphatic imine (C=N–C) groups is 1. The molecule has 0 amide bonds. The maximum Gasteiger partial charge on any atom is 0.337 e. The number of benzene rings is 2. The van der Waals surface area contributed by atoms with Crippen LogP contribution in [0.2, 0.25) is 0 Å². The summed E-state index contributed by atoms with van der Waals surface area (Å²) in [7, 11) is 3.03. The van der Waals surface area contributed by atoms with Gasteiger partial charge in [-0.15, -0.1) is 0 Å². The predicted molar refractivity (Wildman–Crippen MR) is 96.0 cm³/mol. The van der Waals surface area contributed by atoms with E-state index in [0.29, 0.717) is 30.2 Å². The third-order valence-corrected chi connectivity index (χ3v) is 3.75. The number of esters is 1. The van der Waals surface area contributed by atoms with Crippen LogP contribution in [0.4, 0.5) is 4.39 Å². The lowest BCUT2D eigenvalue weighted by Crippen LogP contribution is -2.36. The Bertz CT molecular complexity index is 758. The van der Waals surface area contributed by atoms with E-state index >= 15 is 0 Å². The SMILES string of the molecule is CN=C(NCc1ccc(C(=O)OC)cc1)NCc1ccc(C)c(F)c1. The number of nitrogens with zero attached hydrogens (tertiary/aromatic N) is 1. The minimum Gasteiger partial charge on any atom is -0.465 e. The molecule has 25 heavy (non-hydrogen) atoms. The molecule has 2 aromatic rings. The first-order valence-corrected chi connectivity index (χ1v) is 7.90. The second kappa shape index (κ2) is 8.82. The third-order valence-electron chi connectivity index (χ3n) is 3.75. The van der Waals surface area contributed by atoms with Gasteiger partial charge in [0, 0.05) is 20.1 Å². The summed E-state index contributed by atoms with van der Waals surface area (Å²) in [6, 6.07) is 12.3. The van der Waals surface area contributed by atoms with Gasteiger partial charge < -0.3 is 15.4 Å². The van der Waals surface area contributed by atoms with Crippen LogP contribution in [-0.4, -0.2) is 26.1 Å². The van der Waals surface area contributed by atoms with E-state index in [-0.39, 0.29) is 11.8 Å². The van der Waals surface area contributed by atoms with Gasteiger partial charge in [-0.2, -0.15) is 0 Å². The molecule has 5 nitrogen and oxygen atoms in total. The van der Waals surface area contributed by atoms with Gasteiger partial charge in [-0.25, -0.2) is 9.18 Å². The average Bonchev–Trinajstić information content (AvgIpc) is 2.64. The minimum absolute atomic E-state index is 0.215. The number of hydrogen-bond acceptors (Lipinski definition) is 3. The molecule has 0 radical (unpaired) electrons. The molecule has 0 saturated carbocycles. The first-order chi connectivity index (χ1) is 12.0. The van der Waals surface area contributed by atoms with Crippen LogP contribution in [0.5, 0.6) is 0 Å². The van der Waals surface area contributed by atoms with Crippen LogP contribution in [0.15, 0.2) is 47.5 Å². The smallest absolute Gasteiger partial charge is 0.337 e. The monoisotopic (exact) mass is 343 g/mol. The highest BCUT2D eigenvalue weighted by Gasteiger charge is 2.05. The van der Waals surface area contributed by atoms with Gasteiger partial charge in [-0.1, -0.05) is 24.3 Å². The summed E-state index contributed by atoms with van der Waals surface area (Å²) in [5.41, 5.74) is 2.97.